The number of nitrogens with one attached hydrogen (secondary N) is 1. The molecule has 0 radical (unpaired) electrons. The Kier molecular flexibility index (Phi) is 3.98. The second kappa shape index (κ2) is 6.07. The molecule has 0 fully saturated rings. The van der Waals surface area contributed by atoms with Crippen molar-refractivity contribution in [1.29, 1.82) is 0 Å². The van der Waals surface area contributed by atoms with Crippen LogP contribution in [0.15, 0.2) is 24.3 Å². The average Bonchev–Trinajstić information content (AvgIpc) is 2.95. The van der Waals surface area contributed by atoms with Crippen LogP contribution in [0.2, 0.25) is 0 Å². The number of nitrogen functional groups attached to an aromatic ring is 1. The summed E-state index contributed by atoms with van der Waals surface area (Å²) in [6.07, 6.45) is 3.48. The first-order valence-corrected chi connectivity index (χ1v) is 6.91. The summed E-state index contributed by atoms with van der Waals surface area (Å²) in [6, 6.07) is 7.83. The summed E-state index contributed by atoms with van der Waals surface area (Å²) in [7, 11) is 1.59. The van der Waals surface area contributed by atoms with Gasteiger partial charge in [0.05, 0.1) is 0 Å². The summed E-state index contributed by atoms with van der Waals surface area (Å²) in [5.74, 6) is 7.65. The quantitative estimate of drug-likeness (QED) is 0.647. The molecule has 0 amide bonds. The Morgan fingerprint density at radius 2 is 2.05 bits per heavy atom. The van der Waals surface area contributed by atoms with E-state index in [4.69, 9.17) is 15.3 Å². The molecule has 6 heteroatoms. The molecule has 2 aromatic rings. The Morgan fingerprint density at radius 1 is 1.19 bits per heavy atom. The summed E-state index contributed by atoms with van der Waals surface area (Å²) in [5.41, 5.74) is 5.28. The normalized spacial score (nSPS) is 13.0. The summed E-state index contributed by atoms with van der Waals surface area (Å²) in [6.45, 7) is 0.302. The van der Waals surface area contributed by atoms with Gasteiger partial charge >= 0.3 is 0 Å². The van der Waals surface area contributed by atoms with Gasteiger partial charge in [0.15, 0.2) is 5.82 Å². The highest BCUT2D eigenvalue weighted by Gasteiger charge is 2.12. The molecule has 1 aromatic carbocycles. The van der Waals surface area contributed by atoms with Crippen molar-refractivity contribution in [2.24, 2.45) is 5.84 Å². The van der Waals surface area contributed by atoms with Gasteiger partial charge in [0, 0.05) is 13.2 Å². The number of hydrogen-bond acceptors (Lipinski definition) is 6. The van der Waals surface area contributed by atoms with Gasteiger partial charge in [-0.3, -0.25) is 0 Å². The third kappa shape index (κ3) is 3.12. The van der Waals surface area contributed by atoms with Crippen LogP contribution in [0.5, 0.6) is 11.6 Å². The van der Waals surface area contributed by atoms with E-state index >= 15 is 0 Å². The third-order valence-electron chi connectivity index (χ3n) is 3.46. The maximum absolute atomic E-state index is 5.83. The number of ether oxygens (including phenoxy) is 2. The number of hydrogen-bond donors (Lipinski definition) is 2. The Hall–Kier alpha value is -2.18. The van der Waals surface area contributed by atoms with Gasteiger partial charge in [0.2, 0.25) is 5.88 Å². The van der Waals surface area contributed by atoms with E-state index < -0.39 is 0 Å². The highest BCUT2D eigenvalue weighted by atomic mass is 16.5. The first kappa shape index (κ1) is 13.8. The molecule has 0 bridgehead atoms. The van der Waals surface area contributed by atoms with E-state index in [9.17, 15) is 0 Å². The smallest absolute Gasteiger partial charge is 0.224 e. The van der Waals surface area contributed by atoms with Crippen molar-refractivity contribution in [2.75, 3.05) is 12.5 Å². The highest BCUT2D eigenvalue weighted by Crippen LogP contribution is 2.28. The second-order valence-corrected chi connectivity index (χ2v) is 4.97. The van der Waals surface area contributed by atoms with E-state index in [2.05, 4.69) is 27.5 Å². The number of anilines is 1. The van der Waals surface area contributed by atoms with Crippen LogP contribution >= 0.6 is 0 Å². The van der Waals surface area contributed by atoms with E-state index in [0.717, 1.165) is 18.6 Å². The third-order valence-corrected chi connectivity index (χ3v) is 3.46. The van der Waals surface area contributed by atoms with Gasteiger partial charge in [-0.15, -0.1) is 0 Å². The molecule has 110 valence electrons. The molecule has 3 N–H and O–H groups in total. The number of aromatic nitrogens is 2. The largest absolute Gasteiger partial charge is 0.439 e. The van der Waals surface area contributed by atoms with Crippen molar-refractivity contribution in [2.45, 2.75) is 25.9 Å². The van der Waals surface area contributed by atoms with Gasteiger partial charge in [-0.1, -0.05) is 6.07 Å². The molecule has 0 saturated carbocycles. The molecule has 0 saturated heterocycles. The van der Waals surface area contributed by atoms with Crippen LogP contribution in [0, 0.1) is 0 Å². The zero-order valence-electron chi connectivity index (χ0n) is 11.9. The van der Waals surface area contributed by atoms with Crippen LogP contribution in [-0.2, 0) is 24.2 Å². The van der Waals surface area contributed by atoms with Gasteiger partial charge in [0.1, 0.15) is 18.2 Å². The van der Waals surface area contributed by atoms with Crippen molar-refractivity contribution in [3.63, 3.8) is 0 Å². The van der Waals surface area contributed by atoms with Crippen LogP contribution in [0.1, 0.15) is 23.4 Å². The lowest BCUT2D eigenvalue weighted by Crippen LogP contribution is -2.11. The van der Waals surface area contributed by atoms with Crippen molar-refractivity contribution >= 4 is 5.82 Å². The predicted octanol–water partition coefficient (Wildman–Crippen LogP) is 2.19. The Labute approximate surface area is 123 Å². The second-order valence-electron chi connectivity index (χ2n) is 4.97. The van der Waals surface area contributed by atoms with Crippen LogP contribution in [0.4, 0.5) is 5.82 Å². The standard InChI is InChI=1S/C15H18N4O2/c1-20-9-14-17-13(19-16)8-15(18-14)21-12-6-5-10-3-2-4-11(10)7-12/h5-8H,2-4,9,16H2,1H3,(H,17,18,19). The number of nitrogens with two attached hydrogens (primary N) is 1. The summed E-state index contributed by atoms with van der Waals surface area (Å²) in [4.78, 5) is 8.49. The van der Waals surface area contributed by atoms with Gasteiger partial charge in [-0.05, 0) is 42.5 Å². The Morgan fingerprint density at radius 3 is 2.86 bits per heavy atom. The number of benzene rings is 1. The lowest BCUT2D eigenvalue weighted by Gasteiger charge is -2.09. The monoisotopic (exact) mass is 286 g/mol. The molecule has 1 aliphatic carbocycles. The average molecular weight is 286 g/mol. The summed E-state index contributed by atoms with van der Waals surface area (Å²) < 4.78 is 10.9. The lowest BCUT2D eigenvalue weighted by molar-refractivity contribution is 0.177. The minimum atomic E-state index is 0.302. The fraction of sp³-hybridized carbons (Fsp3) is 0.333. The van der Waals surface area contributed by atoms with Crippen LogP contribution in [0.3, 0.4) is 0 Å². The first-order chi connectivity index (χ1) is 10.3. The summed E-state index contributed by atoms with van der Waals surface area (Å²) in [5, 5.41) is 0. The van der Waals surface area contributed by atoms with E-state index in [1.165, 1.54) is 17.5 Å². The molecule has 21 heavy (non-hydrogen) atoms. The van der Waals surface area contributed by atoms with Crippen LogP contribution in [-0.4, -0.2) is 17.1 Å². The minimum absolute atomic E-state index is 0.302. The number of rotatable bonds is 5. The molecule has 0 atom stereocenters. The zero-order valence-corrected chi connectivity index (χ0v) is 11.9. The van der Waals surface area contributed by atoms with E-state index in [0.29, 0.717) is 24.1 Å². The molecule has 1 aliphatic rings. The number of hydrazine groups is 1. The van der Waals surface area contributed by atoms with E-state index in [1.54, 1.807) is 13.2 Å². The minimum Gasteiger partial charge on any atom is -0.439 e. The predicted molar refractivity (Wildman–Crippen MR) is 79.1 cm³/mol. The molecule has 3 rings (SSSR count). The SMILES string of the molecule is COCc1nc(NN)cc(Oc2ccc3c(c2)CCC3)n1. The maximum Gasteiger partial charge on any atom is 0.224 e. The van der Waals surface area contributed by atoms with Crippen molar-refractivity contribution in [3.8, 4) is 11.6 Å². The Bertz CT molecular complexity index is 646. The molecule has 6 nitrogen and oxygen atoms in total. The first-order valence-electron chi connectivity index (χ1n) is 6.91. The number of methoxy groups -OCH3 is 1. The number of nitrogens with zero attached hydrogens (tertiary/aromatic N) is 2. The molecule has 1 aromatic heterocycles. The molecule has 0 aliphatic heterocycles. The van der Waals surface area contributed by atoms with E-state index in [1.807, 2.05) is 6.07 Å². The highest BCUT2D eigenvalue weighted by molar-refractivity contribution is 5.42. The molecular weight excluding hydrogens is 268 g/mol. The number of fused-ring (bicyclic) bond motifs is 1. The van der Waals surface area contributed by atoms with Gasteiger partial charge in [-0.2, -0.15) is 4.98 Å². The van der Waals surface area contributed by atoms with Gasteiger partial charge in [-0.25, -0.2) is 10.8 Å². The van der Waals surface area contributed by atoms with Gasteiger partial charge in [0.25, 0.3) is 0 Å². The molecule has 0 unspecified atom stereocenters. The topological polar surface area (TPSA) is 82.3 Å². The molecule has 1 heterocycles. The van der Waals surface area contributed by atoms with Gasteiger partial charge < -0.3 is 14.9 Å². The van der Waals surface area contributed by atoms with Crippen LogP contribution < -0.4 is 16.0 Å². The zero-order chi connectivity index (χ0) is 14.7. The molecular formula is C15H18N4O2. The van der Waals surface area contributed by atoms with Crippen LogP contribution in [0.25, 0.3) is 0 Å². The number of aryl methyl sites for hydroxylation is 2. The fourth-order valence-electron chi connectivity index (χ4n) is 2.53. The lowest BCUT2D eigenvalue weighted by atomic mass is 10.1. The Balaban J connectivity index is 1.85. The maximum atomic E-state index is 5.83. The van der Waals surface area contributed by atoms with Crippen molar-refractivity contribution in [3.05, 3.63) is 41.2 Å². The van der Waals surface area contributed by atoms with Crippen molar-refractivity contribution in [1.82, 2.24) is 9.97 Å². The fourth-order valence-corrected chi connectivity index (χ4v) is 2.53. The van der Waals surface area contributed by atoms with Crippen molar-refractivity contribution < 1.29 is 9.47 Å². The van der Waals surface area contributed by atoms with E-state index in [-0.39, 0.29) is 0 Å². The summed E-state index contributed by atoms with van der Waals surface area (Å²) >= 11 is 0. The molecule has 0 spiro atoms.